The molecule has 2 amide bonds. The molecule has 0 saturated carbocycles. The van der Waals surface area contributed by atoms with E-state index in [-0.39, 0.29) is 12.2 Å². The van der Waals surface area contributed by atoms with Crippen LogP contribution in [0.3, 0.4) is 0 Å². The van der Waals surface area contributed by atoms with Gasteiger partial charge in [-0.15, -0.1) is 0 Å². The van der Waals surface area contributed by atoms with Gasteiger partial charge in [0.25, 0.3) is 0 Å². The summed E-state index contributed by atoms with van der Waals surface area (Å²) in [4.78, 5) is 45.0. The lowest BCUT2D eigenvalue weighted by atomic mass is 9.91. The molecule has 1 heterocycles. The number of nitrogens with zero attached hydrogens (tertiary/aromatic N) is 2. The first kappa shape index (κ1) is 28.7. The molecule has 0 aliphatic rings. The molecule has 0 saturated heterocycles. The molecule has 200 valence electrons. The normalized spacial score (nSPS) is 11.9. The van der Waals surface area contributed by atoms with E-state index in [0.717, 1.165) is 16.8 Å². The van der Waals surface area contributed by atoms with Crippen LogP contribution in [0.5, 0.6) is 0 Å². The first-order valence-corrected chi connectivity index (χ1v) is 12.9. The third-order valence-corrected chi connectivity index (χ3v) is 6.51. The highest BCUT2D eigenvalue weighted by Crippen LogP contribution is 2.23. The third-order valence-electron chi connectivity index (χ3n) is 5.93. The molecule has 38 heavy (non-hydrogen) atoms. The minimum atomic E-state index is -1.26. The standard InChI is InChI=1S/C27H32BrN7O3/c1-27(2,24(30)37)25(38)32-13-7-12-31-23-20(28)16-33-26(35-23)34-19-11-6-8-17(14-19)15-21(36)22(29)18-9-4-3-5-10-18/h3-6,8-11,14,16,22H,7,12-13,15,29H2,1-2H3,(H2,30,37)(H,32,38)(H2,31,33,34,35). The fraction of sp³-hybridized carbons (Fsp3) is 0.296. The van der Waals surface area contributed by atoms with Gasteiger partial charge in [-0.05, 0) is 59.5 Å². The zero-order valence-corrected chi connectivity index (χ0v) is 22.9. The molecule has 10 nitrogen and oxygen atoms in total. The summed E-state index contributed by atoms with van der Waals surface area (Å²) in [6, 6.07) is 16.1. The number of rotatable bonds is 13. The quantitative estimate of drug-likeness (QED) is 0.151. The van der Waals surface area contributed by atoms with E-state index in [1.165, 1.54) is 13.8 Å². The summed E-state index contributed by atoms with van der Waals surface area (Å²) in [6.45, 7) is 3.87. The monoisotopic (exact) mass is 581 g/mol. The number of ketones is 1. The van der Waals surface area contributed by atoms with Crippen LogP contribution >= 0.6 is 15.9 Å². The number of aromatic nitrogens is 2. The summed E-state index contributed by atoms with van der Waals surface area (Å²) >= 11 is 3.44. The number of halogens is 1. The summed E-state index contributed by atoms with van der Waals surface area (Å²) in [5.41, 5.74) is 12.5. The van der Waals surface area contributed by atoms with Crippen molar-refractivity contribution in [2.45, 2.75) is 32.7 Å². The van der Waals surface area contributed by atoms with Gasteiger partial charge in [0.05, 0.1) is 10.5 Å². The molecule has 3 aromatic rings. The molecular formula is C27H32BrN7O3. The summed E-state index contributed by atoms with van der Waals surface area (Å²) in [7, 11) is 0. The number of primary amides is 1. The van der Waals surface area contributed by atoms with Crippen molar-refractivity contribution in [3.63, 3.8) is 0 Å². The summed E-state index contributed by atoms with van der Waals surface area (Å²) in [6.07, 6.45) is 2.43. The lowest BCUT2D eigenvalue weighted by Gasteiger charge is -2.19. The van der Waals surface area contributed by atoms with Crippen LogP contribution in [0.4, 0.5) is 17.5 Å². The number of amides is 2. The summed E-state index contributed by atoms with van der Waals surface area (Å²) in [5, 5.41) is 9.08. The fourth-order valence-corrected chi connectivity index (χ4v) is 3.76. The number of hydrogen-bond acceptors (Lipinski definition) is 8. The van der Waals surface area contributed by atoms with Crippen molar-refractivity contribution in [3.05, 3.63) is 76.4 Å². The maximum Gasteiger partial charge on any atom is 0.235 e. The lowest BCUT2D eigenvalue weighted by molar-refractivity contribution is -0.139. The molecule has 0 aliphatic heterocycles. The van der Waals surface area contributed by atoms with Crippen LogP contribution < -0.4 is 27.4 Å². The van der Waals surface area contributed by atoms with Crippen LogP contribution in [0, 0.1) is 5.41 Å². The Kier molecular flexibility index (Phi) is 9.91. The molecule has 11 heteroatoms. The van der Waals surface area contributed by atoms with Gasteiger partial charge in [0.1, 0.15) is 11.2 Å². The molecule has 1 unspecified atom stereocenters. The van der Waals surface area contributed by atoms with Crippen molar-refractivity contribution in [1.82, 2.24) is 15.3 Å². The predicted octanol–water partition coefficient (Wildman–Crippen LogP) is 3.22. The summed E-state index contributed by atoms with van der Waals surface area (Å²) in [5.74, 6) is -0.214. The van der Waals surface area contributed by atoms with E-state index in [4.69, 9.17) is 11.5 Å². The Labute approximate surface area is 230 Å². The van der Waals surface area contributed by atoms with Crippen LogP contribution in [-0.4, -0.2) is 40.7 Å². The molecule has 2 aromatic carbocycles. The molecule has 0 spiro atoms. The Morgan fingerprint density at radius 1 is 1.05 bits per heavy atom. The highest BCUT2D eigenvalue weighted by atomic mass is 79.9. The molecule has 0 bridgehead atoms. The maximum absolute atomic E-state index is 12.7. The van der Waals surface area contributed by atoms with Crippen molar-refractivity contribution in [2.75, 3.05) is 23.7 Å². The Hall–Kier alpha value is -3.83. The van der Waals surface area contributed by atoms with Crippen molar-refractivity contribution in [2.24, 2.45) is 16.9 Å². The van der Waals surface area contributed by atoms with Gasteiger partial charge in [0.2, 0.25) is 17.8 Å². The van der Waals surface area contributed by atoms with Crippen molar-refractivity contribution in [3.8, 4) is 0 Å². The highest BCUT2D eigenvalue weighted by molar-refractivity contribution is 9.10. The van der Waals surface area contributed by atoms with E-state index in [1.807, 2.05) is 54.6 Å². The van der Waals surface area contributed by atoms with Crippen LogP contribution in [0.1, 0.15) is 37.4 Å². The van der Waals surface area contributed by atoms with Crippen LogP contribution in [0.2, 0.25) is 0 Å². The highest BCUT2D eigenvalue weighted by Gasteiger charge is 2.33. The molecule has 0 fully saturated rings. The predicted molar refractivity (Wildman–Crippen MR) is 151 cm³/mol. The van der Waals surface area contributed by atoms with Crippen LogP contribution in [-0.2, 0) is 20.8 Å². The molecule has 0 aliphatic carbocycles. The second kappa shape index (κ2) is 13.1. The number of nitrogens with one attached hydrogen (secondary N) is 3. The average Bonchev–Trinajstić information content (AvgIpc) is 2.90. The lowest BCUT2D eigenvalue weighted by Crippen LogP contribution is -2.46. The van der Waals surface area contributed by atoms with E-state index < -0.39 is 23.3 Å². The van der Waals surface area contributed by atoms with Gasteiger partial charge in [-0.25, -0.2) is 4.98 Å². The molecule has 1 atom stereocenters. The SMILES string of the molecule is CC(C)(C(N)=O)C(=O)NCCCNc1nc(Nc2cccc(CC(=O)C(N)c3ccccc3)c2)ncc1Br. The molecule has 3 rings (SSSR count). The molecule has 1 aromatic heterocycles. The second-order valence-corrected chi connectivity index (χ2v) is 10.1. The topological polar surface area (TPSA) is 165 Å². The molecule has 7 N–H and O–H groups in total. The Morgan fingerprint density at radius 2 is 1.79 bits per heavy atom. The minimum absolute atomic E-state index is 0.0749. The van der Waals surface area contributed by atoms with E-state index >= 15 is 0 Å². The largest absolute Gasteiger partial charge is 0.369 e. The fourth-order valence-electron chi connectivity index (χ4n) is 3.43. The molecular weight excluding hydrogens is 550 g/mol. The Bertz CT molecular complexity index is 1280. The number of nitrogens with two attached hydrogens (primary N) is 2. The smallest absolute Gasteiger partial charge is 0.235 e. The van der Waals surface area contributed by atoms with Gasteiger partial charge in [-0.2, -0.15) is 4.98 Å². The Morgan fingerprint density at radius 3 is 2.50 bits per heavy atom. The van der Waals surface area contributed by atoms with Gasteiger partial charge in [-0.3, -0.25) is 14.4 Å². The van der Waals surface area contributed by atoms with Gasteiger partial charge >= 0.3 is 0 Å². The van der Waals surface area contributed by atoms with Crippen LogP contribution in [0.15, 0.2) is 65.3 Å². The third kappa shape index (κ3) is 7.83. The Balaban J connectivity index is 1.54. The van der Waals surface area contributed by atoms with E-state index in [2.05, 4.69) is 41.8 Å². The summed E-state index contributed by atoms with van der Waals surface area (Å²) < 4.78 is 0.677. The molecule has 0 radical (unpaired) electrons. The van der Waals surface area contributed by atoms with Gasteiger partial charge in [0, 0.05) is 31.4 Å². The average molecular weight is 583 g/mol. The van der Waals surface area contributed by atoms with Crippen molar-refractivity contribution >= 4 is 51.0 Å². The van der Waals surface area contributed by atoms with Gasteiger partial charge < -0.3 is 27.4 Å². The first-order valence-electron chi connectivity index (χ1n) is 12.1. The second-order valence-electron chi connectivity index (χ2n) is 9.27. The number of anilines is 3. The zero-order chi connectivity index (χ0) is 27.7. The van der Waals surface area contributed by atoms with Crippen molar-refractivity contribution < 1.29 is 14.4 Å². The van der Waals surface area contributed by atoms with E-state index in [0.29, 0.717) is 35.7 Å². The number of Topliss-reactive ketones (excluding diaryl/α,β-unsaturated/α-hetero) is 1. The number of carbonyl (C=O) groups is 3. The number of hydrogen-bond donors (Lipinski definition) is 5. The number of carbonyl (C=O) groups excluding carboxylic acids is 3. The maximum atomic E-state index is 12.7. The zero-order valence-electron chi connectivity index (χ0n) is 21.3. The van der Waals surface area contributed by atoms with Crippen molar-refractivity contribution in [1.29, 1.82) is 0 Å². The van der Waals surface area contributed by atoms with E-state index in [9.17, 15) is 14.4 Å². The first-order chi connectivity index (χ1) is 18.1. The van der Waals surface area contributed by atoms with Gasteiger partial charge in [0.15, 0.2) is 5.78 Å². The van der Waals surface area contributed by atoms with E-state index in [1.54, 1.807) is 6.20 Å². The minimum Gasteiger partial charge on any atom is -0.369 e. The number of benzene rings is 2. The van der Waals surface area contributed by atoms with Crippen LogP contribution in [0.25, 0.3) is 0 Å². The van der Waals surface area contributed by atoms with Gasteiger partial charge in [-0.1, -0.05) is 42.5 Å².